The van der Waals surface area contributed by atoms with Gasteiger partial charge in [0.25, 0.3) is 0 Å². The van der Waals surface area contributed by atoms with Gasteiger partial charge in [-0.15, -0.1) is 0 Å². The van der Waals surface area contributed by atoms with Gasteiger partial charge in [-0.1, -0.05) is 12.1 Å². The quantitative estimate of drug-likeness (QED) is 0.855. The Morgan fingerprint density at radius 2 is 2.08 bits per heavy atom. The van der Waals surface area contributed by atoms with Crippen LogP contribution in [0.5, 0.6) is 0 Å². The van der Waals surface area contributed by atoms with Crippen LogP contribution < -0.4 is 10.0 Å². The highest BCUT2D eigenvalue weighted by molar-refractivity contribution is 7.89. The smallest absolute Gasteiger partial charge is 0.240 e. The minimum absolute atomic E-state index is 0.116. The number of pyridine rings is 1. The summed E-state index contributed by atoms with van der Waals surface area (Å²) in [5, 5.41) is 2.88. The number of nitrogens with zero attached hydrogens (tertiary/aromatic N) is 1. The van der Waals surface area contributed by atoms with Crippen molar-refractivity contribution in [3.05, 3.63) is 58.9 Å². The maximum Gasteiger partial charge on any atom is 0.240 e. The van der Waals surface area contributed by atoms with Gasteiger partial charge in [-0.2, -0.15) is 0 Å². The van der Waals surface area contributed by atoms with Crippen molar-refractivity contribution < 1.29 is 13.2 Å². The second-order valence-corrected chi connectivity index (χ2v) is 8.01. The average Bonchev–Trinajstić information content (AvgIpc) is 2.95. The van der Waals surface area contributed by atoms with E-state index in [1.54, 1.807) is 18.2 Å². The highest BCUT2D eigenvalue weighted by Gasteiger charge is 2.25. The molecule has 1 aromatic heterocycles. The number of carbonyl (C=O) groups excluding carboxylic acids is 1. The number of aryl methyl sites for hydroxylation is 2. The summed E-state index contributed by atoms with van der Waals surface area (Å²) in [6.07, 6.45) is 1.63. The third kappa shape index (κ3) is 4.05. The van der Waals surface area contributed by atoms with Gasteiger partial charge >= 0.3 is 0 Å². The number of hydrogen-bond acceptors (Lipinski definition) is 4. The second-order valence-electron chi connectivity index (χ2n) is 6.25. The number of amides is 1. The van der Waals surface area contributed by atoms with Crippen molar-refractivity contribution in [2.24, 2.45) is 0 Å². The molecule has 1 aromatic carbocycles. The summed E-state index contributed by atoms with van der Waals surface area (Å²) in [6, 6.07) is 10.5. The van der Waals surface area contributed by atoms with Crippen molar-refractivity contribution in [2.75, 3.05) is 0 Å². The van der Waals surface area contributed by atoms with E-state index in [1.807, 2.05) is 25.1 Å². The minimum atomic E-state index is -3.65. The number of hydrogen-bond donors (Lipinski definition) is 2. The molecule has 0 spiro atoms. The Kier molecular flexibility index (Phi) is 4.87. The Labute approximate surface area is 147 Å². The van der Waals surface area contributed by atoms with Gasteiger partial charge in [0.15, 0.2) is 0 Å². The Morgan fingerprint density at radius 3 is 2.80 bits per heavy atom. The van der Waals surface area contributed by atoms with E-state index in [0.717, 1.165) is 29.7 Å². The van der Waals surface area contributed by atoms with Crippen LogP contribution in [-0.2, 0) is 27.8 Å². The lowest BCUT2D eigenvalue weighted by molar-refractivity contribution is -0.119. The summed E-state index contributed by atoms with van der Waals surface area (Å²) in [4.78, 5) is 15.8. The van der Waals surface area contributed by atoms with Crippen molar-refractivity contribution in [1.82, 2.24) is 15.0 Å². The zero-order chi connectivity index (χ0) is 18.0. The fraction of sp³-hybridized carbons (Fsp3) is 0.333. The molecule has 1 heterocycles. The van der Waals surface area contributed by atoms with Crippen molar-refractivity contribution in [2.45, 2.75) is 44.2 Å². The van der Waals surface area contributed by atoms with E-state index in [0.29, 0.717) is 5.69 Å². The SMILES string of the molecule is CC(=O)N[C@@H]1CCc2ccc(S(=O)(=O)NCc3cccc(C)n3)cc21. The predicted octanol–water partition coefficient (Wildman–Crippen LogP) is 1.99. The van der Waals surface area contributed by atoms with Crippen LogP contribution in [0.1, 0.15) is 41.9 Å². The molecule has 1 aliphatic rings. The molecular formula is C18H21N3O3S. The van der Waals surface area contributed by atoms with Crippen LogP contribution in [0.25, 0.3) is 0 Å². The van der Waals surface area contributed by atoms with E-state index in [1.165, 1.54) is 6.92 Å². The highest BCUT2D eigenvalue weighted by Crippen LogP contribution is 2.32. The molecule has 1 atom stereocenters. The third-order valence-corrected chi connectivity index (χ3v) is 5.67. The van der Waals surface area contributed by atoms with Crippen LogP contribution in [0, 0.1) is 6.92 Å². The highest BCUT2D eigenvalue weighted by atomic mass is 32.2. The molecule has 7 heteroatoms. The van der Waals surface area contributed by atoms with Crippen LogP contribution in [0.15, 0.2) is 41.3 Å². The largest absolute Gasteiger partial charge is 0.350 e. The first-order chi connectivity index (χ1) is 11.8. The molecule has 6 nitrogen and oxygen atoms in total. The maximum atomic E-state index is 12.6. The molecular weight excluding hydrogens is 338 g/mol. The van der Waals surface area contributed by atoms with Crippen LogP contribution in [0.4, 0.5) is 0 Å². The molecule has 0 fully saturated rings. The summed E-state index contributed by atoms with van der Waals surface area (Å²) < 4.78 is 27.8. The van der Waals surface area contributed by atoms with E-state index in [-0.39, 0.29) is 23.4 Å². The molecule has 0 aliphatic heterocycles. The molecule has 0 saturated heterocycles. The third-order valence-electron chi connectivity index (χ3n) is 4.27. The molecule has 2 N–H and O–H groups in total. The zero-order valence-corrected chi connectivity index (χ0v) is 15.1. The number of rotatable bonds is 5. The lowest BCUT2D eigenvalue weighted by Gasteiger charge is -2.14. The zero-order valence-electron chi connectivity index (χ0n) is 14.2. The standard InChI is InChI=1S/C18H21N3O3S/c1-12-4-3-5-15(20-12)11-19-25(23,24)16-8-6-14-7-9-18(17(14)10-16)21-13(2)22/h3-6,8,10,18-19H,7,9,11H2,1-2H3,(H,21,22)/t18-/m1/s1. The molecule has 0 saturated carbocycles. The van der Waals surface area contributed by atoms with Crippen LogP contribution in [0.2, 0.25) is 0 Å². The van der Waals surface area contributed by atoms with E-state index in [9.17, 15) is 13.2 Å². The van der Waals surface area contributed by atoms with Gasteiger partial charge in [0.05, 0.1) is 23.2 Å². The van der Waals surface area contributed by atoms with Gasteiger partial charge in [-0.05, 0) is 55.2 Å². The number of sulfonamides is 1. The van der Waals surface area contributed by atoms with Crippen molar-refractivity contribution in [3.8, 4) is 0 Å². The summed E-state index contributed by atoms with van der Waals surface area (Å²) in [6.45, 7) is 3.46. The van der Waals surface area contributed by atoms with Gasteiger partial charge in [-0.3, -0.25) is 9.78 Å². The number of fused-ring (bicyclic) bond motifs is 1. The fourth-order valence-electron chi connectivity index (χ4n) is 3.09. The van der Waals surface area contributed by atoms with Gasteiger partial charge < -0.3 is 5.32 Å². The fourth-order valence-corrected chi connectivity index (χ4v) is 4.13. The van der Waals surface area contributed by atoms with E-state index >= 15 is 0 Å². The first kappa shape index (κ1) is 17.6. The number of carbonyl (C=O) groups is 1. The normalized spacial score (nSPS) is 16.5. The Morgan fingerprint density at radius 1 is 1.28 bits per heavy atom. The number of aromatic nitrogens is 1. The minimum Gasteiger partial charge on any atom is -0.350 e. The molecule has 2 aromatic rings. The lowest BCUT2D eigenvalue weighted by Crippen LogP contribution is -2.26. The Balaban J connectivity index is 1.80. The van der Waals surface area contributed by atoms with Gasteiger partial charge in [0, 0.05) is 12.6 Å². The molecule has 1 aliphatic carbocycles. The van der Waals surface area contributed by atoms with Crippen LogP contribution in [-0.4, -0.2) is 19.3 Å². The first-order valence-corrected chi connectivity index (χ1v) is 9.65. The second kappa shape index (κ2) is 6.93. The summed E-state index contributed by atoms with van der Waals surface area (Å²) in [5.74, 6) is -0.116. The molecule has 132 valence electrons. The Hall–Kier alpha value is -2.25. The molecule has 0 unspecified atom stereocenters. The molecule has 0 bridgehead atoms. The molecule has 3 rings (SSSR count). The van der Waals surface area contributed by atoms with E-state index in [2.05, 4.69) is 15.0 Å². The molecule has 25 heavy (non-hydrogen) atoms. The lowest BCUT2D eigenvalue weighted by atomic mass is 10.1. The summed E-state index contributed by atoms with van der Waals surface area (Å²) in [7, 11) is -3.65. The van der Waals surface area contributed by atoms with Crippen molar-refractivity contribution >= 4 is 15.9 Å². The van der Waals surface area contributed by atoms with E-state index < -0.39 is 10.0 Å². The summed E-state index contributed by atoms with van der Waals surface area (Å²) in [5.41, 5.74) is 3.47. The molecule has 0 radical (unpaired) electrons. The Bertz CT molecular complexity index is 910. The maximum absolute atomic E-state index is 12.6. The molecule has 1 amide bonds. The van der Waals surface area contributed by atoms with Crippen LogP contribution in [0.3, 0.4) is 0 Å². The van der Waals surface area contributed by atoms with Crippen molar-refractivity contribution in [3.63, 3.8) is 0 Å². The van der Waals surface area contributed by atoms with Gasteiger partial charge in [-0.25, -0.2) is 13.1 Å². The van der Waals surface area contributed by atoms with Gasteiger partial charge in [0.2, 0.25) is 15.9 Å². The van der Waals surface area contributed by atoms with E-state index in [4.69, 9.17) is 0 Å². The monoisotopic (exact) mass is 359 g/mol. The summed E-state index contributed by atoms with van der Waals surface area (Å²) >= 11 is 0. The van der Waals surface area contributed by atoms with Crippen molar-refractivity contribution in [1.29, 1.82) is 0 Å². The first-order valence-electron chi connectivity index (χ1n) is 8.17. The average molecular weight is 359 g/mol. The number of nitrogens with one attached hydrogen (secondary N) is 2. The topological polar surface area (TPSA) is 88.2 Å². The van der Waals surface area contributed by atoms with Gasteiger partial charge in [0.1, 0.15) is 0 Å². The van der Waals surface area contributed by atoms with Crippen LogP contribution >= 0.6 is 0 Å². The predicted molar refractivity (Wildman–Crippen MR) is 94.3 cm³/mol. The number of benzene rings is 1.